The van der Waals surface area contributed by atoms with E-state index in [-0.39, 0.29) is 0 Å². The number of benzene rings is 1. The van der Waals surface area contributed by atoms with Crippen molar-refractivity contribution in [3.05, 3.63) is 34.9 Å². The second-order valence-electron chi connectivity index (χ2n) is 4.24. The molecule has 0 spiro atoms. The summed E-state index contributed by atoms with van der Waals surface area (Å²) in [4.78, 5) is 0. The molecule has 1 aromatic heterocycles. The summed E-state index contributed by atoms with van der Waals surface area (Å²) in [5.41, 5.74) is 0.937. The molecule has 0 unspecified atom stereocenters. The molecule has 0 fully saturated rings. The van der Waals surface area contributed by atoms with Crippen LogP contribution in [0.4, 0.5) is 0 Å². The number of aromatic nitrogens is 3. The lowest BCUT2D eigenvalue weighted by atomic mass is 10.2. The zero-order valence-corrected chi connectivity index (χ0v) is 12.4. The molecule has 1 heterocycles. The van der Waals surface area contributed by atoms with Crippen molar-refractivity contribution in [2.45, 2.75) is 13.1 Å². The molecule has 0 saturated carbocycles. The third-order valence-corrected chi connectivity index (χ3v) is 3.38. The van der Waals surface area contributed by atoms with Crippen LogP contribution >= 0.6 is 11.6 Å². The molecule has 0 amide bonds. The molecule has 108 valence electrons. The lowest BCUT2D eigenvalue weighted by Gasteiger charge is -2.13. The lowest BCUT2D eigenvalue weighted by Crippen LogP contribution is -2.16. The van der Waals surface area contributed by atoms with Gasteiger partial charge in [-0.1, -0.05) is 17.7 Å². The summed E-state index contributed by atoms with van der Waals surface area (Å²) in [6, 6.07) is 3.75. The fourth-order valence-electron chi connectivity index (χ4n) is 1.84. The average Bonchev–Trinajstić information content (AvgIpc) is 2.86. The van der Waals surface area contributed by atoms with Gasteiger partial charge in [0, 0.05) is 13.6 Å². The highest BCUT2D eigenvalue weighted by Crippen LogP contribution is 2.37. The summed E-state index contributed by atoms with van der Waals surface area (Å²) >= 11 is 6.31. The standard InChI is InChI=1S/C13H17ClN4O2/c1-18-8-16-17-11(18)7-15-6-9-4-5-10(19-2)13(20-3)12(9)14/h4-5,8,15H,6-7H2,1-3H3. The Kier molecular flexibility index (Phi) is 4.81. The number of ether oxygens (including phenoxy) is 2. The molecule has 1 N–H and O–H groups in total. The fraction of sp³-hybridized carbons (Fsp3) is 0.385. The molecule has 20 heavy (non-hydrogen) atoms. The fourth-order valence-corrected chi connectivity index (χ4v) is 2.14. The van der Waals surface area contributed by atoms with E-state index in [2.05, 4.69) is 15.5 Å². The first-order valence-electron chi connectivity index (χ1n) is 6.10. The van der Waals surface area contributed by atoms with Crippen molar-refractivity contribution < 1.29 is 9.47 Å². The van der Waals surface area contributed by atoms with Gasteiger partial charge in [0.2, 0.25) is 0 Å². The Morgan fingerprint density at radius 2 is 2.05 bits per heavy atom. The number of methoxy groups -OCH3 is 2. The number of nitrogens with one attached hydrogen (secondary N) is 1. The van der Waals surface area contributed by atoms with E-state index in [9.17, 15) is 0 Å². The maximum absolute atomic E-state index is 6.31. The van der Waals surface area contributed by atoms with Crippen LogP contribution in [-0.2, 0) is 20.1 Å². The van der Waals surface area contributed by atoms with E-state index in [1.807, 2.05) is 23.7 Å². The number of hydrogen-bond acceptors (Lipinski definition) is 5. The third-order valence-electron chi connectivity index (χ3n) is 2.97. The second-order valence-corrected chi connectivity index (χ2v) is 4.61. The smallest absolute Gasteiger partial charge is 0.179 e. The summed E-state index contributed by atoms with van der Waals surface area (Å²) in [5.74, 6) is 2.03. The number of nitrogens with zero attached hydrogens (tertiary/aromatic N) is 3. The number of aryl methyl sites for hydroxylation is 1. The van der Waals surface area contributed by atoms with Crippen LogP contribution in [0.2, 0.25) is 5.02 Å². The summed E-state index contributed by atoms with van der Waals surface area (Å²) in [5, 5.41) is 11.7. The van der Waals surface area contributed by atoms with Crippen LogP contribution in [0.15, 0.2) is 18.5 Å². The minimum atomic E-state index is 0.548. The Morgan fingerprint density at radius 3 is 2.65 bits per heavy atom. The Hall–Kier alpha value is -1.79. The van der Waals surface area contributed by atoms with Crippen LogP contribution in [0.25, 0.3) is 0 Å². The van der Waals surface area contributed by atoms with Gasteiger partial charge in [-0.15, -0.1) is 10.2 Å². The normalized spacial score (nSPS) is 10.6. The van der Waals surface area contributed by atoms with Gasteiger partial charge in [0.1, 0.15) is 12.2 Å². The van der Waals surface area contributed by atoms with Gasteiger partial charge >= 0.3 is 0 Å². The minimum Gasteiger partial charge on any atom is -0.493 e. The molecule has 0 aliphatic carbocycles. The Balaban J connectivity index is 2.05. The van der Waals surface area contributed by atoms with Crippen LogP contribution in [0.3, 0.4) is 0 Å². The zero-order chi connectivity index (χ0) is 14.5. The van der Waals surface area contributed by atoms with Crippen molar-refractivity contribution >= 4 is 11.6 Å². The minimum absolute atomic E-state index is 0.548. The van der Waals surface area contributed by atoms with Crippen molar-refractivity contribution in [1.29, 1.82) is 0 Å². The molecule has 0 bridgehead atoms. The number of rotatable bonds is 6. The van der Waals surface area contributed by atoms with E-state index >= 15 is 0 Å². The summed E-state index contributed by atoms with van der Waals surface area (Å²) in [6.07, 6.45) is 1.67. The second kappa shape index (κ2) is 6.58. The maximum Gasteiger partial charge on any atom is 0.179 e. The van der Waals surface area contributed by atoms with Gasteiger partial charge in [0.05, 0.1) is 25.8 Å². The van der Waals surface area contributed by atoms with Gasteiger partial charge < -0.3 is 19.4 Å². The SMILES string of the molecule is COc1ccc(CNCc2nncn2C)c(Cl)c1OC. The summed E-state index contributed by atoms with van der Waals surface area (Å²) in [7, 11) is 5.06. The van der Waals surface area contributed by atoms with Gasteiger partial charge in [0.25, 0.3) is 0 Å². The van der Waals surface area contributed by atoms with Crippen LogP contribution < -0.4 is 14.8 Å². The van der Waals surface area contributed by atoms with E-state index < -0.39 is 0 Å². The molecule has 2 aromatic rings. The van der Waals surface area contributed by atoms with Crippen molar-refractivity contribution in [1.82, 2.24) is 20.1 Å². The van der Waals surface area contributed by atoms with E-state index in [0.717, 1.165) is 11.4 Å². The Labute approximate surface area is 122 Å². The molecule has 7 heteroatoms. The van der Waals surface area contributed by atoms with Crippen LogP contribution in [-0.4, -0.2) is 29.0 Å². The van der Waals surface area contributed by atoms with E-state index in [4.69, 9.17) is 21.1 Å². The molecule has 2 rings (SSSR count). The van der Waals surface area contributed by atoms with Crippen LogP contribution in [0.5, 0.6) is 11.5 Å². The molecule has 0 aliphatic heterocycles. The quantitative estimate of drug-likeness (QED) is 0.880. The molecular formula is C13H17ClN4O2. The van der Waals surface area contributed by atoms with Crippen molar-refractivity contribution in [3.8, 4) is 11.5 Å². The summed E-state index contributed by atoms with van der Waals surface area (Å²) < 4.78 is 12.3. The molecule has 1 aromatic carbocycles. The van der Waals surface area contributed by atoms with Crippen LogP contribution in [0.1, 0.15) is 11.4 Å². The molecular weight excluding hydrogens is 280 g/mol. The van der Waals surface area contributed by atoms with E-state index in [1.165, 1.54) is 0 Å². The van der Waals surface area contributed by atoms with Gasteiger partial charge in [-0.05, 0) is 11.6 Å². The molecule has 6 nitrogen and oxygen atoms in total. The predicted molar refractivity (Wildman–Crippen MR) is 76.1 cm³/mol. The zero-order valence-electron chi connectivity index (χ0n) is 11.7. The Morgan fingerprint density at radius 1 is 1.25 bits per heavy atom. The van der Waals surface area contributed by atoms with Gasteiger partial charge in [-0.2, -0.15) is 0 Å². The average molecular weight is 297 g/mol. The number of hydrogen-bond donors (Lipinski definition) is 1. The monoisotopic (exact) mass is 296 g/mol. The largest absolute Gasteiger partial charge is 0.493 e. The molecule has 0 radical (unpaired) electrons. The third kappa shape index (κ3) is 3.02. The molecule has 0 atom stereocenters. The van der Waals surface area contributed by atoms with Gasteiger partial charge in [-0.25, -0.2) is 0 Å². The lowest BCUT2D eigenvalue weighted by molar-refractivity contribution is 0.354. The van der Waals surface area contributed by atoms with Crippen molar-refractivity contribution in [2.75, 3.05) is 14.2 Å². The maximum atomic E-state index is 6.31. The highest BCUT2D eigenvalue weighted by Gasteiger charge is 2.12. The number of halogens is 1. The predicted octanol–water partition coefficient (Wildman–Crippen LogP) is 1.78. The first-order valence-corrected chi connectivity index (χ1v) is 6.48. The highest BCUT2D eigenvalue weighted by molar-refractivity contribution is 6.33. The first-order chi connectivity index (χ1) is 9.67. The topological polar surface area (TPSA) is 61.2 Å². The van der Waals surface area contributed by atoms with Gasteiger partial charge in [-0.3, -0.25) is 0 Å². The first kappa shape index (κ1) is 14.6. The summed E-state index contributed by atoms with van der Waals surface area (Å²) in [6.45, 7) is 1.22. The van der Waals surface area contributed by atoms with Crippen molar-refractivity contribution in [2.24, 2.45) is 7.05 Å². The molecule has 0 aliphatic rings. The van der Waals surface area contributed by atoms with E-state index in [0.29, 0.717) is 29.6 Å². The van der Waals surface area contributed by atoms with Crippen molar-refractivity contribution in [3.63, 3.8) is 0 Å². The molecule has 0 saturated heterocycles. The van der Waals surface area contributed by atoms with Gasteiger partial charge in [0.15, 0.2) is 11.5 Å². The Bertz CT molecular complexity index is 586. The highest BCUT2D eigenvalue weighted by atomic mass is 35.5. The van der Waals surface area contributed by atoms with Crippen LogP contribution in [0, 0.1) is 0 Å². The van der Waals surface area contributed by atoms with E-state index in [1.54, 1.807) is 20.5 Å².